The van der Waals surface area contributed by atoms with Gasteiger partial charge in [-0.05, 0) is 68.1 Å². The lowest BCUT2D eigenvalue weighted by molar-refractivity contribution is -0.139. The van der Waals surface area contributed by atoms with Crippen LogP contribution in [-0.4, -0.2) is 44.3 Å². The van der Waals surface area contributed by atoms with E-state index >= 15 is 0 Å². The van der Waals surface area contributed by atoms with Crippen molar-refractivity contribution < 1.29 is 18.0 Å². The fourth-order valence-electron chi connectivity index (χ4n) is 4.31. The molecule has 0 aliphatic carbocycles. The van der Waals surface area contributed by atoms with Gasteiger partial charge in [-0.25, -0.2) is 8.42 Å². The molecular weight excluding hydrogens is 546 g/mol. The highest BCUT2D eigenvalue weighted by Gasteiger charge is 2.33. The average Bonchev–Trinajstić information content (AvgIpc) is 2.95. The van der Waals surface area contributed by atoms with Crippen LogP contribution in [0.1, 0.15) is 50.3 Å². The molecule has 0 unspecified atom stereocenters. The topological polar surface area (TPSA) is 86.8 Å². The van der Waals surface area contributed by atoms with Crippen LogP contribution in [0.5, 0.6) is 0 Å². The number of aryl methyl sites for hydroxylation is 2. The van der Waals surface area contributed by atoms with E-state index in [-0.39, 0.29) is 17.3 Å². The van der Waals surface area contributed by atoms with Crippen LogP contribution in [0.25, 0.3) is 0 Å². The van der Waals surface area contributed by atoms with E-state index in [4.69, 9.17) is 11.6 Å². The zero-order chi connectivity index (χ0) is 29.3. The number of anilines is 1. The number of para-hydroxylation sites is 1. The predicted molar refractivity (Wildman–Crippen MR) is 161 cm³/mol. The average molecular weight is 584 g/mol. The van der Waals surface area contributed by atoms with Crippen molar-refractivity contribution in [1.82, 2.24) is 10.2 Å². The Morgan fingerprint density at radius 2 is 1.60 bits per heavy atom. The molecule has 1 atom stereocenters. The Morgan fingerprint density at radius 3 is 2.23 bits per heavy atom. The Kier molecular flexibility index (Phi) is 11.2. The molecule has 9 heteroatoms. The molecule has 1 N–H and O–H groups in total. The Bertz CT molecular complexity index is 1390. The molecule has 0 spiro atoms. The summed E-state index contributed by atoms with van der Waals surface area (Å²) in [6, 6.07) is 19.9. The zero-order valence-corrected chi connectivity index (χ0v) is 25.1. The number of hydrogen-bond acceptors (Lipinski definition) is 4. The van der Waals surface area contributed by atoms with Gasteiger partial charge in [0.1, 0.15) is 12.6 Å². The van der Waals surface area contributed by atoms with Crippen LogP contribution in [0.4, 0.5) is 5.69 Å². The number of carbonyl (C=O) groups excluding carboxylic acids is 2. The van der Waals surface area contributed by atoms with Crippen LogP contribution >= 0.6 is 11.6 Å². The third kappa shape index (κ3) is 7.86. The minimum Gasteiger partial charge on any atom is -0.354 e. The van der Waals surface area contributed by atoms with Crippen molar-refractivity contribution in [1.29, 1.82) is 0 Å². The summed E-state index contributed by atoms with van der Waals surface area (Å²) in [4.78, 5) is 28.6. The lowest BCUT2D eigenvalue weighted by atomic mass is 10.1. The van der Waals surface area contributed by atoms with E-state index < -0.39 is 28.5 Å². The van der Waals surface area contributed by atoms with E-state index in [1.54, 1.807) is 67.6 Å². The Labute approximate surface area is 243 Å². The van der Waals surface area contributed by atoms with Crippen LogP contribution in [0, 0.1) is 6.92 Å². The van der Waals surface area contributed by atoms with Crippen molar-refractivity contribution in [3.05, 3.63) is 94.5 Å². The van der Waals surface area contributed by atoms with E-state index in [0.29, 0.717) is 23.7 Å². The Hall–Kier alpha value is -3.36. The van der Waals surface area contributed by atoms with Gasteiger partial charge in [-0.2, -0.15) is 0 Å². The molecule has 40 heavy (non-hydrogen) atoms. The number of benzene rings is 3. The standard InChI is InChI=1S/C31H38ClN3O4S/c1-5-7-20-33-31(37)24(4)34(21-25-14-16-27(32)17-15-25)30(36)22-35(29-11-9-8-10-26(29)6-2)40(38,39)28-18-12-23(3)13-19-28/h8-19,24H,5-7,20-22H2,1-4H3,(H,33,37)/t24-/m1/s1. The van der Waals surface area contributed by atoms with Crippen molar-refractivity contribution in [3.63, 3.8) is 0 Å². The Balaban J connectivity index is 2.03. The SMILES string of the molecule is CCCCNC(=O)[C@@H](C)N(Cc1ccc(Cl)cc1)C(=O)CN(c1ccccc1CC)S(=O)(=O)c1ccc(C)cc1. The number of nitrogens with one attached hydrogen (secondary N) is 1. The number of amides is 2. The molecule has 0 aliphatic heterocycles. The van der Waals surface area contributed by atoms with Gasteiger partial charge in [-0.1, -0.05) is 79.9 Å². The van der Waals surface area contributed by atoms with Gasteiger partial charge in [0, 0.05) is 18.1 Å². The van der Waals surface area contributed by atoms with Gasteiger partial charge >= 0.3 is 0 Å². The summed E-state index contributed by atoms with van der Waals surface area (Å²) in [6.07, 6.45) is 2.32. The first kappa shape index (κ1) is 31.2. The normalized spacial score (nSPS) is 12.0. The van der Waals surface area contributed by atoms with Gasteiger partial charge in [0.2, 0.25) is 11.8 Å². The molecule has 0 aliphatic rings. The largest absolute Gasteiger partial charge is 0.354 e. The maximum Gasteiger partial charge on any atom is 0.264 e. The van der Waals surface area contributed by atoms with Gasteiger partial charge in [-0.3, -0.25) is 13.9 Å². The number of sulfonamides is 1. The monoisotopic (exact) mass is 583 g/mol. The van der Waals surface area contributed by atoms with Gasteiger partial charge in [0.05, 0.1) is 10.6 Å². The highest BCUT2D eigenvalue weighted by molar-refractivity contribution is 7.92. The smallest absolute Gasteiger partial charge is 0.264 e. The molecule has 0 fully saturated rings. The van der Waals surface area contributed by atoms with Gasteiger partial charge in [-0.15, -0.1) is 0 Å². The van der Waals surface area contributed by atoms with Crippen molar-refractivity contribution in [2.75, 3.05) is 17.4 Å². The van der Waals surface area contributed by atoms with Crippen molar-refractivity contribution in [2.45, 2.75) is 64.4 Å². The molecule has 3 aromatic carbocycles. The third-order valence-corrected chi connectivity index (χ3v) is 8.82. The first-order valence-electron chi connectivity index (χ1n) is 13.6. The first-order chi connectivity index (χ1) is 19.1. The van der Waals surface area contributed by atoms with Gasteiger partial charge in [0.25, 0.3) is 10.0 Å². The minimum atomic E-state index is -4.11. The molecule has 0 bridgehead atoms. The fraction of sp³-hybridized carbons (Fsp3) is 0.355. The summed E-state index contributed by atoms with van der Waals surface area (Å²) >= 11 is 6.06. The molecule has 0 radical (unpaired) electrons. The van der Waals surface area contributed by atoms with Crippen molar-refractivity contribution >= 4 is 39.1 Å². The summed E-state index contributed by atoms with van der Waals surface area (Å²) in [5.41, 5.74) is 2.92. The molecule has 3 aromatic rings. The maximum absolute atomic E-state index is 14.0. The Morgan fingerprint density at radius 1 is 0.950 bits per heavy atom. The summed E-state index contributed by atoms with van der Waals surface area (Å²) in [5, 5.41) is 3.45. The summed E-state index contributed by atoms with van der Waals surface area (Å²) in [7, 11) is -4.11. The molecule has 0 aromatic heterocycles. The van der Waals surface area contributed by atoms with Gasteiger partial charge < -0.3 is 10.2 Å². The van der Waals surface area contributed by atoms with Crippen molar-refractivity contribution in [3.8, 4) is 0 Å². The van der Waals surface area contributed by atoms with E-state index in [2.05, 4.69) is 5.32 Å². The highest BCUT2D eigenvalue weighted by atomic mass is 35.5. The maximum atomic E-state index is 14.0. The number of nitrogens with zero attached hydrogens (tertiary/aromatic N) is 2. The molecule has 2 amide bonds. The number of rotatable bonds is 13. The summed E-state index contributed by atoms with van der Waals surface area (Å²) < 4.78 is 29.2. The molecule has 7 nitrogen and oxygen atoms in total. The quantitative estimate of drug-likeness (QED) is 0.260. The second-order valence-electron chi connectivity index (χ2n) is 9.78. The summed E-state index contributed by atoms with van der Waals surface area (Å²) in [5.74, 6) is -0.785. The zero-order valence-electron chi connectivity index (χ0n) is 23.6. The molecule has 0 heterocycles. The van der Waals surface area contributed by atoms with Crippen LogP contribution in [0.2, 0.25) is 5.02 Å². The fourth-order valence-corrected chi connectivity index (χ4v) is 5.89. The number of carbonyl (C=O) groups is 2. The molecule has 0 saturated heterocycles. The van der Waals surface area contributed by atoms with Gasteiger partial charge in [0.15, 0.2) is 0 Å². The molecular formula is C31H38ClN3O4S. The van der Waals surface area contributed by atoms with Crippen LogP contribution in [0.15, 0.2) is 77.7 Å². The molecule has 0 saturated carbocycles. The van der Waals surface area contributed by atoms with Crippen LogP contribution in [0.3, 0.4) is 0 Å². The van der Waals surface area contributed by atoms with E-state index in [1.165, 1.54) is 4.90 Å². The van der Waals surface area contributed by atoms with Crippen molar-refractivity contribution in [2.24, 2.45) is 0 Å². The first-order valence-corrected chi connectivity index (χ1v) is 15.4. The summed E-state index contributed by atoms with van der Waals surface area (Å²) in [6.45, 7) is 7.66. The molecule has 3 rings (SSSR count). The second kappa shape index (κ2) is 14.3. The van der Waals surface area contributed by atoms with E-state index in [0.717, 1.165) is 33.8 Å². The van der Waals surface area contributed by atoms with Crippen LogP contribution < -0.4 is 9.62 Å². The lowest BCUT2D eigenvalue weighted by Crippen LogP contribution is -2.51. The minimum absolute atomic E-state index is 0.0893. The second-order valence-corrected chi connectivity index (χ2v) is 12.1. The number of hydrogen-bond donors (Lipinski definition) is 1. The lowest BCUT2D eigenvalue weighted by Gasteiger charge is -2.32. The van der Waals surface area contributed by atoms with Crippen LogP contribution in [-0.2, 0) is 32.6 Å². The van der Waals surface area contributed by atoms with E-state index in [9.17, 15) is 18.0 Å². The number of unbranched alkanes of at least 4 members (excludes halogenated alkanes) is 1. The highest BCUT2D eigenvalue weighted by Crippen LogP contribution is 2.28. The molecule has 214 valence electrons. The predicted octanol–water partition coefficient (Wildman–Crippen LogP) is 5.74. The number of halogens is 1. The van der Waals surface area contributed by atoms with E-state index in [1.807, 2.05) is 32.9 Å². The third-order valence-electron chi connectivity index (χ3n) is 6.79.